The number of fused-ring (bicyclic) bond motifs is 5. The van der Waals surface area contributed by atoms with Crippen LogP contribution < -0.4 is 0 Å². The van der Waals surface area contributed by atoms with Crippen LogP contribution in [0.25, 0.3) is 0 Å². The van der Waals surface area contributed by atoms with Crippen molar-refractivity contribution in [1.29, 1.82) is 0 Å². The molecule has 4 rings (SSSR count). The third kappa shape index (κ3) is 1.73. The average Bonchev–Trinajstić information content (AvgIpc) is 2.84. The van der Waals surface area contributed by atoms with Crippen molar-refractivity contribution < 1.29 is 14.7 Å². The van der Waals surface area contributed by atoms with Crippen molar-refractivity contribution in [2.24, 2.45) is 41.4 Å². The Bertz CT molecular complexity index is 447. The smallest absolute Gasteiger partial charge is 0.308 e. The van der Waals surface area contributed by atoms with Crippen LogP contribution in [0, 0.1) is 41.4 Å². The molecule has 0 aromatic rings. The Morgan fingerprint density at radius 1 is 1.05 bits per heavy atom. The first-order valence-electron chi connectivity index (χ1n) is 8.08. The van der Waals surface area contributed by atoms with Gasteiger partial charge in [-0.25, -0.2) is 0 Å². The second-order valence-corrected chi connectivity index (χ2v) is 7.63. The summed E-state index contributed by atoms with van der Waals surface area (Å²) in [4.78, 5) is 25.8. The van der Waals surface area contributed by atoms with Gasteiger partial charge in [0.1, 0.15) is 0 Å². The summed E-state index contributed by atoms with van der Waals surface area (Å²) in [5.41, 5.74) is 0. The number of hydrogen-bond acceptors (Lipinski definition) is 2. The third-order valence-electron chi connectivity index (χ3n) is 6.34. The number of carboxylic acid groups (broad SMARTS) is 1. The molecule has 0 spiro atoms. The molecule has 1 amide bonds. The van der Waals surface area contributed by atoms with Crippen LogP contribution in [0.3, 0.4) is 0 Å². The summed E-state index contributed by atoms with van der Waals surface area (Å²) >= 11 is 0. The number of likely N-dealkylation sites (tertiary alicyclic amines) is 1. The van der Waals surface area contributed by atoms with Crippen molar-refractivity contribution in [3.63, 3.8) is 0 Å². The molecule has 1 heterocycles. The third-order valence-corrected chi connectivity index (χ3v) is 6.34. The van der Waals surface area contributed by atoms with E-state index in [4.69, 9.17) is 0 Å². The predicted molar refractivity (Wildman–Crippen MR) is 72.8 cm³/mol. The lowest BCUT2D eigenvalue weighted by molar-refractivity contribution is -0.147. The Kier molecular flexibility index (Phi) is 2.67. The van der Waals surface area contributed by atoms with Crippen LogP contribution in [-0.4, -0.2) is 35.0 Å². The van der Waals surface area contributed by atoms with Gasteiger partial charge in [-0.3, -0.25) is 9.59 Å². The zero-order chi connectivity index (χ0) is 14.0. The first-order chi connectivity index (χ1) is 9.56. The molecule has 4 aliphatic rings. The number of amides is 1. The van der Waals surface area contributed by atoms with Crippen LogP contribution in [0.2, 0.25) is 0 Å². The number of carbonyl (C=O) groups excluding carboxylic acids is 1. The van der Waals surface area contributed by atoms with Crippen LogP contribution in [0.4, 0.5) is 0 Å². The molecular formula is C16H23NO3. The average molecular weight is 277 g/mol. The van der Waals surface area contributed by atoms with E-state index in [1.54, 1.807) is 0 Å². The van der Waals surface area contributed by atoms with Gasteiger partial charge in [-0.15, -0.1) is 0 Å². The number of aliphatic carboxylic acids is 1. The molecule has 0 aromatic heterocycles. The minimum Gasteiger partial charge on any atom is -0.481 e. The normalized spacial score (nSPS) is 49.0. The largest absolute Gasteiger partial charge is 0.481 e. The Morgan fingerprint density at radius 2 is 1.70 bits per heavy atom. The summed E-state index contributed by atoms with van der Waals surface area (Å²) < 4.78 is 0. The molecule has 3 saturated carbocycles. The van der Waals surface area contributed by atoms with Crippen LogP contribution in [-0.2, 0) is 9.59 Å². The van der Waals surface area contributed by atoms with E-state index in [0.29, 0.717) is 30.7 Å². The number of rotatable bonds is 2. The number of nitrogens with zero attached hydrogens (tertiary/aromatic N) is 1. The van der Waals surface area contributed by atoms with Crippen molar-refractivity contribution in [3.8, 4) is 0 Å². The molecule has 6 unspecified atom stereocenters. The van der Waals surface area contributed by atoms with E-state index in [1.807, 2.05) is 4.90 Å². The number of hydrogen-bond donors (Lipinski definition) is 1. The molecule has 6 atom stereocenters. The summed E-state index contributed by atoms with van der Waals surface area (Å²) in [5, 5.41) is 9.23. The summed E-state index contributed by atoms with van der Waals surface area (Å²) in [5.74, 6) is 2.64. The van der Waals surface area contributed by atoms with Gasteiger partial charge < -0.3 is 10.0 Å². The quantitative estimate of drug-likeness (QED) is 0.838. The van der Waals surface area contributed by atoms with Crippen LogP contribution in [0.5, 0.6) is 0 Å². The molecule has 20 heavy (non-hydrogen) atoms. The van der Waals surface area contributed by atoms with Gasteiger partial charge in [0.25, 0.3) is 0 Å². The number of carbonyl (C=O) groups is 2. The van der Waals surface area contributed by atoms with Crippen molar-refractivity contribution in [2.45, 2.75) is 32.6 Å². The van der Waals surface area contributed by atoms with E-state index in [-0.39, 0.29) is 17.7 Å². The second kappa shape index (κ2) is 4.22. The van der Waals surface area contributed by atoms with Crippen molar-refractivity contribution in [3.05, 3.63) is 0 Å². The zero-order valence-electron chi connectivity index (χ0n) is 12.0. The van der Waals surface area contributed by atoms with Crippen LogP contribution >= 0.6 is 0 Å². The molecule has 0 aromatic carbocycles. The Balaban J connectivity index is 1.45. The number of piperidine rings is 1. The van der Waals surface area contributed by atoms with E-state index in [9.17, 15) is 14.7 Å². The first-order valence-corrected chi connectivity index (χ1v) is 8.08. The molecule has 4 heteroatoms. The highest BCUT2D eigenvalue weighted by molar-refractivity contribution is 5.84. The van der Waals surface area contributed by atoms with Gasteiger partial charge in [-0.1, -0.05) is 6.92 Å². The highest BCUT2D eigenvalue weighted by Crippen LogP contribution is 2.69. The maximum atomic E-state index is 12.7. The lowest BCUT2D eigenvalue weighted by Gasteiger charge is -2.35. The van der Waals surface area contributed by atoms with E-state index in [2.05, 4.69) is 6.92 Å². The summed E-state index contributed by atoms with van der Waals surface area (Å²) in [6.45, 7) is 3.25. The van der Waals surface area contributed by atoms with Crippen molar-refractivity contribution >= 4 is 11.9 Å². The Hall–Kier alpha value is -1.06. The van der Waals surface area contributed by atoms with Gasteiger partial charge in [-0.2, -0.15) is 0 Å². The fourth-order valence-corrected chi connectivity index (χ4v) is 5.58. The van der Waals surface area contributed by atoms with Crippen LogP contribution in [0.1, 0.15) is 32.6 Å². The van der Waals surface area contributed by atoms with Gasteiger partial charge in [0.2, 0.25) is 5.91 Å². The van der Waals surface area contributed by atoms with E-state index in [1.165, 1.54) is 19.3 Å². The van der Waals surface area contributed by atoms with E-state index in [0.717, 1.165) is 18.4 Å². The topological polar surface area (TPSA) is 57.6 Å². The monoisotopic (exact) mass is 277 g/mol. The summed E-state index contributed by atoms with van der Waals surface area (Å²) in [6.07, 6.45) is 4.71. The van der Waals surface area contributed by atoms with Crippen LogP contribution in [0.15, 0.2) is 0 Å². The van der Waals surface area contributed by atoms with Gasteiger partial charge in [-0.05, 0) is 55.3 Å². The van der Waals surface area contributed by atoms with Gasteiger partial charge in [0, 0.05) is 19.0 Å². The lowest BCUT2D eigenvalue weighted by atomic mass is 9.90. The molecule has 2 bridgehead atoms. The molecule has 4 nitrogen and oxygen atoms in total. The van der Waals surface area contributed by atoms with Gasteiger partial charge in [0.05, 0.1) is 5.92 Å². The van der Waals surface area contributed by atoms with Crippen molar-refractivity contribution in [2.75, 3.05) is 13.1 Å². The minimum absolute atomic E-state index is 0.251. The Labute approximate surface area is 119 Å². The highest BCUT2D eigenvalue weighted by Gasteiger charge is 2.68. The van der Waals surface area contributed by atoms with E-state index < -0.39 is 5.97 Å². The molecule has 4 fully saturated rings. The maximum absolute atomic E-state index is 12.7. The van der Waals surface area contributed by atoms with Gasteiger partial charge >= 0.3 is 5.97 Å². The first kappa shape index (κ1) is 12.7. The molecule has 110 valence electrons. The fourth-order valence-electron chi connectivity index (χ4n) is 5.58. The Morgan fingerprint density at radius 3 is 2.30 bits per heavy atom. The minimum atomic E-state index is -0.745. The molecule has 1 aliphatic heterocycles. The van der Waals surface area contributed by atoms with Crippen molar-refractivity contribution in [1.82, 2.24) is 4.90 Å². The summed E-state index contributed by atoms with van der Waals surface area (Å²) in [7, 11) is 0. The SMILES string of the molecule is CC1CC(C(=O)O)CN(C(=O)C2C3C4CCC(C4)C23)C1. The molecule has 3 aliphatic carbocycles. The number of carboxylic acids is 1. The molecule has 1 saturated heterocycles. The standard InChI is InChI=1S/C16H23NO3/c1-8-4-11(16(19)20)7-17(6-8)15(18)14-12-9-2-3-10(5-9)13(12)14/h8-14H,2-7H2,1H3,(H,19,20). The zero-order valence-corrected chi connectivity index (χ0v) is 12.0. The fraction of sp³-hybridized carbons (Fsp3) is 0.875. The molecule has 1 N–H and O–H groups in total. The molecule has 0 radical (unpaired) electrons. The lowest BCUT2D eigenvalue weighted by Crippen LogP contribution is -2.46. The van der Waals surface area contributed by atoms with Gasteiger partial charge in [0.15, 0.2) is 0 Å². The second-order valence-electron chi connectivity index (χ2n) is 7.63. The highest BCUT2D eigenvalue weighted by atomic mass is 16.4. The predicted octanol–water partition coefficient (Wildman–Crippen LogP) is 1.85. The van der Waals surface area contributed by atoms with E-state index >= 15 is 0 Å². The maximum Gasteiger partial charge on any atom is 0.308 e. The summed E-state index contributed by atoms with van der Waals surface area (Å²) in [6, 6.07) is 0. The molecular weight excluding hydrogens is 254 g/mol.